The van der Waals surface area contributed by atoms with Gasteiger partial charge in [-0.05, 0) is 31.4 Å². The maximum Gasteiger partial charge on any atom is 0.228 e. The molecule has 0 saturated carbocycles. The number of nitrogens with zero attached hydrogens (tertiary/aromatic N) is 2. The Morgan fingerprint density at radius 1 is 1.36 bits per heavy atom. The van der Waals surface area contributed by atoms with Gasteiger partial charge in [-0.2, -0.15) is 0 Å². The first-order valence-electron chi connectivity index (χ1n) is 7.87. The summed E-state index contributed by atoms with van der Waals surface area (Å²) in [5.74, 6) is -0.203. The summed E-state index contributed by atoms with van der Waals surface area (Å²) in [6, 6.07) is 6.50. The van der Waals surface area contributed by atoms with Gasteiger partial charge in [0.05, 0.1) is 12.1 Å². The van der Waals surface area contributed by atoms with Gasteiger partial charge < -0.3 is 10.6 Å². The molecule has 2 N–H and O–H groups in total. The minimum absolute atomic E-state index is 0. The lowest BCUT2D eigenvalue weighted by atomic mass is 10.0. The molecule has 1 saturated heterocycles. The molecule has 0 radical (unpaired) electrons. The largest absolute Gasteiger partial charge is 0.338 e. The fourth-order valence-electron chi connectivity index (χ4n) is 2.97. The van der Waals surface area contributed by atoms with Gasteiger partial charge in [-0.3, -0.25) is 4.79 Å². The van der Waals surface area contributed by atoms with Crippen LogP contribution < -0.4 is 5.73 Å². The van der Waals surface area contributed by atoms with Crippen LogP contribution in [0, 0.1) is 5.82 Å². The Balaban J connectivity index is 0.00000156. The van der Waals surface area contributed by atoms with Crippen LogP contribution in [-0.4, -0.2) is 34.9 Å². The number of likely N-dealkylation sites (tertiary alicyclic amines) is 1. The maximum absolute atomic E-state index is 13.3. The van der Waals surface area contributed by atoms with Crippen molar-refractivity contribution in [1.29, 1.82) is 0 Å². The molecule has 3 rings (SSSR count). The van der Waals surface area contributed by atoms with Crippen molar-refractivity contribution in [1.82, 2.24) is 9.88 Å². The molecule has 2 heterocycles. The molecule has 1 aliphatic heterocycles. The number of benzene rings is 1. The molecule has 0 spiro atoms. The summed E-state index contributed by atoms with van der Waals surface area (Å²) in [6.07, 6.45) is 3.43. The second-order valence-corrected chi connectivity index (χ2v) is 6.66. The summed E-state index contributed by atoms with van der Waals surface area (Å²) in [5, 5.41) is 2.61. The van der Waals surface area contributed by atoms with Crippen molar-refractivity contribution in [2.24, 2.45) is 5.73 Å². The van der Waals surface area contributed by atoms with Gasteiger partial charge in [0, 0.05) is 30.1 Å². The molecule has 1 fully saturated rings. The molecule has 8 heteroatoms. The van der Waals surface area contributed by atoms with E-state index in [-0.39, 0.29) is 49.0 Å². The van der Waals surface area contributed by atoms with Crippen molar-refractivity contribution in [3.8, 4) is 10.6 Å². The van der Waals surface area contributed by atoms with Crippen molar-refractivity contribution >= 4 is 42.1 Å². The number of hydrogen-bond donors (Lipinski definition) is 1. The molecule has 1 unspecified atom stereocenters. The number of hydrogen-bond acceptors (Lipinski definition) is 4. The van der Waals surface area contributed by atoms with Gasteiger partial charge >= 0.3 is 0 Å². The fraction of sp³-hybridized carbons (Fsp3) is 0.412. The smallest absolute Gasteiger partial charge is 0.228 e. The van der Waals surface area contributed by atoms with E-state index in [0.717, 1.165) is 42.1 Å². The van der Waals surface area contributed by atoms with E-state index >= 15 is 0 Å². The van der Waals surface area contributed by atoms with E-state index in [9.17, 15) is 9.18 Å². The molecule has 0 bridgehead atoms. The normalized spacial score (nSPS) is 16.7. The average molecular weight is 406 g/mol. The molecule has 0 aliphatic carbocycles. The second kappa shape index (κ2) is 10.1. The minimum atomic E-state index is -0.283. The van der Waals surface area contributed by atoms with E-state index in [1.165, 1.54) is 23.5 Å². The predicted molar refractivity (Wildman–Crippen MR) is 104 cm³/mol. The summed E-state index contributed by atoms with van der Waals surface area (Å²) in [7, 11) is 0. The summed E-state index contributed by atoms with van der Waals surface area (Å²) in [6.45, 7) is 1.29. The van der Waals surface area contributed by atoms with Gasteiger partial charge in [0.2, 0.25) is 5.91 Å². The van der Waals surface area contributed by atoms with Crippen LogP contribution in [0.25, 0.3) is 10.6 Å². The Labute approximate surface area is 163 Å². The minimum Gasteiger partial charge on any atom is -0.338 e. The van der Waals surface area contributed by atoms with Crippen LogP contribution in [0.3, 0.4) is 0 Å². The number of aromatic nitrogens is 1. The number of halogens is 3. The maximum atomic E-state index is 13.3. The highest BCUT2D eigenvalue weighted by Crippen LogP contribution is 2.25. The number of carbonyl (C=O) groups is 1. The predicted octanol–water partition coefficient (Wildman–Crippen LogP) is 3.68. The molecule has 138 valence electrons. The summed E-state index contributed by atoms with van der Waals surface area (Å²) < 4.78 is 13.3. The first-order chi connectivity index (χ1) is 11.2. The molecule has 1 aromatic heterocycles. The fourth-order valence-corrected chi connectivity index (χ4v) is 3.79. The third kappa shape index (κ3) is 5.38. The van der Waals surface area contributed by atoms with Gasteiger partial charge in [-0.1, -0.05) is 12.1 Å². The monoisotopic (exact) mass is 405 g/mol. The lowest BCUT2D eigenvalue weighted by Crippen LogP contribution is -2.48. The SMILES string of the molecule is Cl.Cl.NCC1CCCCN1C(=O)Cc1csc(-c2cccc(F)c2)n1. The first-order valence-corrected chi connectivity index (χ1v) is 8.75. The van der Waals surface area contributed by atoms with Crippen LogP contribution in [0.5, 0.6) is 0 Å². The van der Waals surface area contributed by atoms with E-state index in [0.29, 0.717) is 6.54 Å². The molecule has 1 amide bonds. The van der Waals surface area contributed by atoms with Crippen LogP contribution in [0.1, 0.15) is 25.0 Å². The number of carbonyl (C=O) groups excluding carboxylic acids is 1. The van der Waals surface area contributed by atoms with Crippen molar-refractivity contribution in [3.63, 3.8) is 0 Å². The van der Waals surface area contributed by atoms with Gasteiger partial charge in [-0.15, -0.1) is 36.2 Å². The molecule has 1 aliphatic rings. The van der Waals surface area contributed by atoms with Gasteiger partial charge in [0.1, 0.15) is 10.8 Å². The van der Waals surface area contributed by atoms with Crippen LogP contribution in [0.2, 0.25) is 0 Å². The quantitative estimate of drug-likeness (QED) is 0.843. The van der Waals surface area contributed by atoms with E-state index < -0.39 is 0 Å². The zero-order chi connectivity index (χ0) is 16.2. The van der Waals surface area contributed by atoms with Crippen LogP contribution in [0.4, 0.5) is 4.39 Å². The molecule has 1 aromatic carbocycles. The van der Waals surface area contributed by atoms with E-state index in [4.69, 9.17) is 5.73 Å². The summed E-state index contributed by atoms with van der Waals surface area (Å²) in [4.78, 5) is 18.9. The summed E-state index contributed by atoms with van der Waals surface area (Å²) >= 11 is 1.43. The van der Waals surface area contributed by atoms with Crippen molar-refractivity contribution in [2.75, 3.05) is 13.1 Å². The zero-order valence-electron chi connectivity index (χ0n) is 13.7. The molecule has 1 atom stereocenters. The third-order valence-corrected chi connectivity index (χ3v) is 5.12. The number of thiazole rings is 1. The lowest BCUT2D eigenvalue weighted by Gasteiger charge is -2.35. The van der Waals surface area contributed by atoms with Crippen LogP contribution >= 0.6 is 36.2 Å². The molecular weight excluding hydrogens is 384 g/mol. The zero-order valence-corrected chi connectivity index (χ0v) is 16.1. The average Bonchev–Trinajstić information content (AvgIpc) is 3.03. The topological polar surface area (TPSA) is 59.2 Å². The van der Waals surface area contributed by atoms with E-state index in [1.54, 1.807) is 6.07 Å². The van der Waals surface area contributed by atoms with Gasteiger partial charge in [0.25, 0.3) is 0 Å². The van der Waals surface area contributed by atoms with Gasteiger partial charge in [-0.25, -0.2) is 9.37 Å². The van der Waals surface area contributed by atoms with E-state index in [2.05, 4.69) is 4.98 Å². The Hall–Kier alpha value is -1.21. The lowest BCUT2D eigenvalue weighted by molar-refractivity contribution is -0.133. The highest BCUT2D eigenvalue weighted by atomic mass is 35.5. The molecule has 2 aromatic rings. The van der Waals surface area contributed by atoms with Gasteiger partial charge in [0.15, 0.2) is 0 Å². The number of rotatable bonds is 4. The van der Waals surface area contributed by atoms with Crippen molar-refractivity contribution in [3.05, 3.63) is 41.2 Å². The second-order valence-electron chi connectivity index (χ2n) is 5.80. The highest BCUT2D eigenvalue weighted by molar-refractivity contribution is 7.13. The highest BCUT2D eigenvalue weighted by Gasteiger charge is 2.26. The summed E-state index contributed by atoms with van der Waals surface area (Å²) in [5.41, 5.74) is 7.25. The Bertz CT molecular complexity index is 698. The number of nitrogens with two attached hydrogens (primary N) is 1. The van der Waals surface area contributed by atoms with Crippen molar-refractivity contribution in [2.45, 2.75) is 31.7 Å². The molecule has 25 heavy (non-hydrogen) atoms. The molecular formula is C17H22Cl2FN3OS. The number of piperidine rings is 1. The van der Waals surface area contributed by atoms with Crippen molar-refractivity contribution < 1.29 is 9.18 Å². The Kier molecular flexibility index (Phi) is 8.79. The van der Waals surface area contributed by atoms with Crippen LogP contribution in [-0.2, 0) is 11.2 Å². The Morgan fingerprint density at radius 3 is 2.88 bits per heavy atom. The third-order valence-electron chi connectivity index (χ3n) is 4.18. The van der Waals surface area contributed by atoms with E-state index in [1.807, 2.05) is 16.3 Å². The molecule has 4 nitrogen and oxygen atoms in total. The number of amides is 1. The standard InChI is InChI=1S/C17H20FN3OS.2ClH/c18-13-5-3-4-12(8-13)17-20-14(11-23-17)9-16(22)21-7-2-1-6-15(21)10-19;;/h3-5,8,11,15H,1-2,6-7,9-10,19H2;2*1H. The van der Waals surface area contributed by atoms with Crippen LogP contribution in [0.15, 0.2) is 29.6 Å². The first kappa shape index (κ1) is 21.8. The Morgan fingerprint density at radius 2 is 2.16 bits per heavy atom.